The minimum atomic E-state index is -0.587. The van der Waals surface area contributed by atoms with Crippen molar-refractivity contribution in [2.24, 2.45) is 0 Å². The van der Waals surface area contributed by atoms with E-state index in [9.17, 15) is 4.79 Å². The second-order valence-electron chi connectivity index (χ2n) is 9.31. The molecule has 0 radical (unpaired) electrons. The Kier molecular flexibility index (Phi) is 7.69. The number of H-pyrrole nitrogens is 1. The van der Waals surface area contributed by atoms with E-state index in [1.54, 1.807) is 18.1 Å². The Labute approximate surface area is 225 Å². The first kappa shape index (κ1) is 25.8. The molecular formula is C28H29ClN6O3. The molecule has 0 saturated carbocycles. The van der Waals surface area contributed by atoms with Gasteiger partial charge in [0.05, 0.1) is 31.5 Å². The number of benzene rings is 2. The van der Waals surface area contributed by atoms with Crippen LogP contribution in [-0.2, 0) is 24.4 Å². The molecule has 5 aromatic rings. The fraction of sp³-hybridized carbons (Fsp3) is 0.286. The van der Waals surface area contributed by atoms with Crippen molar-refractivity contribution in [2.75, 3.05) is 13.7 Å². The van der Waals surface area contributed by atoms with Crippen molar-refractivity contribution in [1.29, 1.82) is 0 Å². The van der Waals surface area contributed by atoms with Gasteiger partial charge in [-0.2, -0.15) is 0 Å². The number of aryl methyl sites for hydroxylation is 2. The standard InChI is InChI=1S/C28H29ClN6O3/c1-18-6-7-19(2)25-23(18)15-24(28(36)30-25)26(27-31-32-33-35(27)12-14-37-3)34(17-22-5-4-13-38-22)16-20-8-10-21(29)11-9-20/h4-11,13,15,26H,12,14,16-17H2,1-3H3,(H,30,36)/t26-/m0/s1. The largest absolute Gasteiger partial charge is 0.468 e. The molecule has 0 spiro atoms. The van der Waals surface area contributed by atoms with E-state index in [0.29, 0.717) is 42.7 Å². The molecule has 9 nitrogen and oxygen atoms in total. The number of rotatable bonds is 10. The first-order valence-electron chi connectivity index (χ1n) is 12.3. The number of halogens is 1. The van der Waals surface area contributed by atoms with E-state index in [1.807, 2.05) is 62.4 Å². The third kappa shape index (κ3) is 5.40. The Morgan fingerprint density at radius 2 is 1.89 bits per heavy atom. The molecule has 5 rings (SSSR count). The number of nitrogens with one attached hydrogen (secondary N) is 1. The molecule has 196 valence electrons. The van der Waals surface area contributed by atoms with E-state index in [-0.39, 0.29) is 5.56 Å². The number of hydrogen-bond donors (Lipinski definition) is 1. The minimum absolute atomic E-state index is 0.196. The monoisotopic (exact) mass is 532 g/mol. The number of aromatic amines is 1. The predicted molar refractivity (Wildman–Crippen MR) is 145 cm³/mol. The van der Waals surface area contributed by atoms with Gasteiger partial charge < -0.3 is 14.1 Å². The highest BCUT2D eigenvalue weighted by Gasteiger charge is 2.31. The number of furan rings is 1. The summed E-state index contributed by atoms with van der Waals surface area (Å²) in [5, 5.41) is 14.2. The normalized spacial score (nSPS) is 12.4. The zero-order chi connectivity index (χ0) is 26.6. The van der Waals surface area contributed by atoms with Crippen molar-refractivity contribution in [3.05, 3.63) is 110 Å². The number of fused-ring (bicyclic) bond motifs is 1. The van der Waals surface area contributed by atoms with Gasteiger partial charge in [0.25, 0.3) is 5.56 Å². The lowest BCUT2D eigenvalue weighted by atomic mass is 9.99. The van der Waals surface area contributed by atoms with Gasteiger partial charge in [0, 0.05) is 29.6 Å². The van der Waals surface area contributed by atoms with Crippen LogP contribution < -0.4 is 5.56 Å². The lowest BCUT2D eigenvalue weighted by Crippen LogP contribution is -2.35. The Bertz CT molecular complexity index is 1580. The van der Waals surface area contributed by atoms with Crippen LogP contribution in [0.25, 0.3) is 10.9 Å². The average Bonchev–Trinajstić information content (AvgIpc) is 3.59. The summed E-state index contributed by atoms with van der Waals surface area (Å²) in [6.45, 7) is 5.80. The summed E-state index contributed by atoms with van der Waals surface area (Å²) in [7, 11) is 1.63. The summed E-state index contributed by atoms with van der Waals surface area (Å²) in [4.78, 5) is 19.0. The fourth-order valence-electron chi connectivity index (χ4n) is 4.70. The highest BCUT2D eigenvalue weighted by atomic mass is 35.5. The Balaban J connectivity index is 1.71. The zero-order valence-corrected chi connectivity index (χ0v) is 22.3. The second kappa shape index (κ2) is 11.3. The molecular weight excluding hydrogens is 504 g/mol. The maximum absolute atomic E-state index is 13.7. The van der Waals surface area contributed by atoms with Crippen LogP contribution >= 0.6 is 11.6 Å². The van der Waals surface area contributed by atoms with Gasteiger partial charge in [-0.25, -0.2) is 4.68 Å². The first-order valence-corrected chi connectivity index (χ1v) is 12.7. The van der Waals surface area contributed by atoms with Crippen LogP contribution in [0.2, 0.25) is 5.02 Å². The molecule has 0 aliphatic heterocycles. The van der Waals surface area contributed by atoms with Crippen molar-refractivity contribution in [1.82, 2.24) is 30.1 Å². The lowest BCUT2D eigenvalue weighted by Gasteiger charge is -2.30. The number of ether oxygens (including phenoxy) is 1. The Hall–Kier alpha value is -3.79. The second-order valence-corrected chi connectivity index (χ2v) is 9.74. The van der Waals surface area contributed by atoms with E-state index in [4.69, 9.17) is 20.8 Å². The molecule has 1 atom stereocenters. The van der Waals surface area contributed by atoms with Gasteiger partial charge in [-0.1, -0.05) is 35.9 Å². The van der Waals surface area contributed by atoms with Gasteiger partial charge >= 0.3 is 0 Å². The van der Waals surface area contributed by atoms with Crippen LogP contribution in [-0.4, -0.2) is 43.8 Å². The van der Waals surface area contributed by atoms with E-state index >= 15 is 0 Å². The number of hydrogen-bond acceptors (Lipinski definition) is 7. The third-order valence-electron chi connectivity index (χ3n) is 6.68. The van der Waals surface area contributed by atoms with Crippen LogP contribution in [0.5, 0.6) is 0 Å². The quantitative estimate of drug-likeness (QED) is 0.275. The molecule has 0 unspecified atom stereocenters. The van der Waals surface area contributed by atoms with Gasteiger partial charge in [0.1, 0.15) is 11.8 Å². The van der Waals surface area contributed by atoms with Crippen molar-refractivity contribution in [3.63, 3.8) is 0 Å². The highest BCUT2D eigenvalue weighted by Crippen LogP contribution is 2.31. The molecule has 0 bridgehead atoms. The predicted octanol–water partition coefficient (Wildman–Crippen LogP) is 4.82. The van der Waals surface area contributed by atoms with Crippen molar-refractivity contribution in [2.45, 2.75) is 39.5 Å². The van der Waals surface area contributed by atoms with E-state index < -0.39 is 6.04 Å². The first-order chi connectivity index (χ1) is 18.4. The van der Waals surface area contributed by atoms with Gasteiger partial charge in [-0.15, -0.1) is 5.10 Å². The minimum Gasteiger partial charge on any atom is -0.468 e. The van der Waals surface area contributed by atoms with E-state index in [2.05, 4.69) is 31.5 Å². The zero-order valence-electron chi connectivity index (χ0n) is 21.5. The fourth-order valence-corrected chi connectivity index (χ4v) is 4.83. The molecule has 0 amide bonds. The molecule has 3 aromatic heterocycles. The lowest BCUT2D eigenvalue weighted by molar-refractivity contribution is 0.163. The average molecular weight is 533 g/mol. The molecule has 2 aromatic carbocycles. The number of tetrazole rings is 1. The molecule has 0 aliphatic rings. The van der Waals surface area contributed by atoms with Crippen molar-refractivity contribution >= 4 is 22.5 Å². The van der Waals surface area contributed by atoms with Gasteiger partial charge in [0.2, 0.25) is 0 Å². The van der Waals surface area contributed by atoms with Crippen LogP contribution in [0.4, 0.5) is 0 Å². The topological polar surface area (TPSA) is 102 Å². The van der Waals surface area contributed by atoms with Crippen LogP contribution in [0.3, 0.4) is 0 Å². The smallest absolute Gasteiger partial charge is 0.253 e. The number of methoxy groups -OCH3 is 1. The third-order valence-corrected chi connectivity index (χ3v) is 6.93. The number of aromatic nitrogens is 5. The molecule has 0 saturated heterocycles. The van der Waals surface area contributed by atoms with Crippen LogP contribution in [0.15, 0.2) is 70.1 Å². The maximum Gasteiger partial charge on any atom is 0.253 e. The molecule has 0 fully saturated rings. The van der Waals surface area contributed by atoms with Crippen LogP contribution in [0.1, 0.15) is 39.9 Å². The molecule has 1 N–H and O–H groups in total. The van der Waals surface area contributed by atoms with Crippen molar-refractivity contribution < 1.29 is 9.15 Å². The maximum atomic E-state index is 13.7. The summed E-state index contributed by atoms with van der Waals surface area (Å²) < 4.78 is 12.7. The van der Waals surface area contributed by atoms with E-state index in [0.717, 1.165) is 33.4 Å². The summed E-state index contributed by atoms with van der Waals surface area (Å²) >= 11 is 6.16. The molecule has 0 aliphatic carbocycles. The summed E-state index contributed by atoms with van der Waals surface area (Å²) in [6, 6.07) is 16.9. The SMILES string of the molecule is COCCn1nnnc1[C@H](c1cc2c(C)ccc(C)c2[nH]c1=O)N(Cc1ccc(Cl)cc1)Cc1ccco1. The van der Waals surface area contributed by atoms with E-state index in [1.165, 1.54) is 0 Å². The summed E-state index contributed by atoms with van der Waals surface area (Å²) in [5.74, 6) is 1.29. The molecule has 10 heteroatoms. The number of pyridine rings is 1. The molecule has 38 heavy (non-hydrogen) atoms. The summed E-state index contributed by atoms with van der Waals surface area (Å²) in [5.41, 5.74) is 4.26. The van der Waals surface area contributed by atoms with Gasteiger partial charge in [-0.3, -0.25) is 9.69 Å². The summed E-state index contributed by atoms with van der Waals surface area (Å²) in [6.07, 6.45) is 1.64. The Morgan fingerprint density at radius 1 is 1.11 bits per heavy atom. The number of nitrogens with zero attached hydrogens (tertiary/aromatic N) is 5. The molecule has 3 heterocycles. The van der Waals surface area contributed by atoms with Gasteiger partial charge in [-0.05, 0) is 71.3 Å². The highest BCUT2D eigenvalue weighted by molar-refractivity contribution is 6.30. The van der Waals surface area contributed by atoms with Crippen LogP contribution in [0, 0.1) is 13.8 Å². The van der Waals surface area contributed by atoms with Gasteiger partial charge in [0.15, 0.2) is 5.82 Å². The van der Waals surface area contributed by atoms with Crippen molar-refractivity contribution in [3.8, 4) is 0 Å². The Morgan fingerprint density at radius 3 is 2.63 bits per heavy atom.